The minimum Gasteiger partial charge on any atom is -0.469 e. The van der Waals surface area contributed by atoms with Crippen molar-refractivity contribution >= 4 is 28.0 Å². The van der Waals surface area contributed by atoms with Crippen molar-refractivity contribution in [2.75, 3.05) is 14.2 Å². The summed E-state index contributed by atoms with van der Waals surface area (Å²) in [6.45, 7) is 0. The zero-order valence-corrected chi connectivity index (χ0v) is 14.6. The highest BCUT2D eigenvalue weighted by atomic mass is 79.9. The number of fused-ring (bicyclic) bond motifs is 2. The van der Waals surface area contributed by atoms with E-state index >= 15 is 0 Å². The third-order valence-electron chi connectivity index (χ3n) is 5.36. The first-order chi connectivity index (χ1) is 10.7. The molecule has 2 aliphatic heterocycles. The molecule has 0 unspecified atom stereocenters. The Hall–Kier alpha value is -1.13. The lowest BCUT2D eigenvalue weighted by Gasteiger charge is -2.41. The molecule has 0 amide bonds. The molecule has 2 saturated heterocycles. The third-order valence-corrected chi connectivity index (χ3v) is 5.63. The summed E-state index contributed by atoms with van der Waals surface area (Å²) in [6, 6.07) is 9.46. The number of carbonyl (C=O) groups excluding carboxylic acids is 1. The van der Waals surface area contributed by atoms with E-state index in [1.54, 1.807) is 0 Å². The van der Waals surface area contributed by atoms with E-state index in [1.807, 2.05) is 11.1 Å². The van der Waals surface area contributed by atoms with Gasteiger partial charge in [0, 0.05) is 18.0 Å². The highest BCUT2D eigenvalue weighted by Gasteiger charge is 2.49. The minimum atomic E-state index is -0.0633. The lowest BCUT2D eigenvalue weighted by molar-refractivity contribution is -0.150. The van der Waals surface area contributed by atoms with E-state index in [0.29, 0.717) is 12.1 Å². The van der Waals surface area contributed by atoms with Crippen molar-refractivity contribution in [2.24, 2.45) is 5.92 Å². The van der Waals surface area contributed by atoms with Crippen molar-refractivity contribution < 1.29 is 9.53 Å². The Kier molecular flexibility index (Phi) is 4.69. The number of halogens is 1. The number of esters is 1. The number of nitrogens with zero attached hydrogens (tertiary/aromatic N) is 1. The Bertz CT molecular complexity index is 569. The number of hydrogen-bond donors (Lipinski definition) is 0. The van der Waals surface area contributed by atoms with Crippen LogP contribution in [0.5, 0.6) is 0 Å². The summed E-state index contributed by atoms with van der Waals surface area (Å²) in [5.74, 6) is 0.154. The van der Waals surface area contributed by atoms with Crippen molar-refractivity contribution in [1.29, 1.82) is 0 Å². The molecule has 4 heteroatoms. The minimum absolute atomic E-state index is 0.0497. The third kappa shape index (κ3) is 2.74. The Morgan fingerprint density at radius 1 is 1.32 bits per heavy atom. The number of carbonyl (C=O) groups is 1. The second kappa shape index (κ2) is 6.55. The van der Waals surface area contributed by atoms with Crippen molar-refractivity contribution in [3.63, 3.8) is 0 Å². The van der Waals surface area contributed by atoms with Gasteiger partial charge in [0.15, 0.2) is 0 Å². The molecule has 2 heterocycles. The average molecular weight is 364 g/mol. The van der Waals surface area contributed by atoms with Crippen molar-refractivity contribution in [2.45, 2.75) is 37.3 Å². The maximum atomic E-state index is 12.4. The average Bonchev–Trinajstić information content (AvgIpc) is 2.77. The molecule has 118 valence electrons. The number of rotatable bonds is 3. The van der Waals surface area contributed by atoms with Crippen molar-refractivity contribution in [3.05, 3.63) is 40.4 Å². The number of piperidine rings is 1. The van der Waals surface area contributed by atoms with Crippen LogP contribution in [-0.2, 0) is 9.53 Å². The fourth-order valence-electron chi connectivity index (χ4n) is 4.19. The van der Waals surface area contributed by atoms with Crippen LogP contribution in [0, 0.1) is 5.92 Å². The van der Waals surface area contributed by atoms with Crippen LogP contribution in [0.15, 0.2) is 29.3 Å². The van der Waals surface area contributed by atoms with Gasteiger partial charge in [-0.2, -0.15) is 0 Å². The summed E-state index contributed by atoms with van der Waals surface area (Å²) in [6.07, 6.45) is 5.34. The zero-order valence-electron chi connectivity index (χ0n) is 13.0. The second-order valence-corrected chi connectivity index (χ2v) is 6.84. The number of benzene rings is 1. The summed E-state index contributed by atoms with van der Waals surface area (Å²) in [5, 5.41) is 0. The van der Waals surface area contributed by atoms with Gasteiger partial charge in [-0.25, -0.2) is 0 Å². The van der Waals surface area contributed by atoms with Gasteiger partial charge in [0.05, 0.1) is 13.0 Å². The molecule has 4 atom stereocenters. The summed E-state index contributed by atoms with van der Waals surface area (Å²) in [4.78, 5) is 16.6. The molecule has 0 spiro atoms. The summed E-state index contributed by atoms with van der Waals surface area (Å²) in [7, 11) is 3.66. The van der Waals surface area contributed by atoms with Gasteiger partial charge in [0.1, 0.15) is 0 Å². The maximum absolute atomic E-state index is 12.4. The van der Waals surface area contributed by atoms with E-state index in [2.05, 4.69) is 52.1 Å². The molecule has 0 saturated carbocycles. The molecule has 1 aromatic carbocycles. The van der Waals surface area contributed by atoms with Crippen LogP contribution in [0.4, 0.5) is 0 Å². The van der Waals surface area contributed by atoms with Gasteiger partial charge in [0.25, 0.3) is 0 Å². The maximum Gasteiger partial charge on any atom is 0.310 e. The van der Waals surface area contributed by atoms with E-state index in [-0.39, 0.29) is 17.8 Å². The van der Waals surface area contributed by atoms with Crippen LogP contribution < -0.4 is 0 Å². The molecule has 0 aliphatic carbocycles. The van der Waals surface area contributed by atoms with Gasteiger partial charge in [-0.15, -0.1) is 0 Å². The lowest BCUT2D eigenvalue weighted by Crippen LogP contribution is -2.49. The van der Waals surface area contributed by atoms with Crippen LogP contribution in [0.1, 0.15) is 36.3 Å². The monoisotopic (exact) mass is 363 g/mol. The molecular formula is C18H22BrNO2. The molecule has 3 nitrogen and oxygen atoms in total. The highest BCUT2D eigenvalue weighted by molar-refractivity contribution is 9.11. The first kappa shape index (κ1) is 15.8. The fraction of sp³-hybridized carbons (Fsp3) is 0.500. The van der Waals surface area contributed by atoms with Gasteiger partial charge >= 0.3 is 5.97 Å². The summed E-state index contributed by atoms with van der Waals surface area (Å²) < 4.78 is 5.12. The van der Waals surface area contributed by atoms with E-state index in [0.717, 1.165) is 18.4 Å². The van der Waals surface area contributed by atoms with Crippen LogP contribution in [-0.4, -0.2) is 37.1 Å². The largest absolute Gasteiger partial charge is 0.469 e. The van der Waals surface area contributed by atoms with Crippen LogP contribution in [0.3, 0.4) is 0 Å². The van der Waals surface area contributed by atoms with E-state index in [9.17, 15) is 4.79 Å². The quantitative estimate of drug-likeness (QED) is 0.765. The molecule has 2 bridgehead atoms. The van der Waals surface area contributed by atoms with Crippen LogP contribution >= 0.6 is 15.9 Å². The molecule has 0 aromatic heterocycles. The molecule has 3 rings (SSSR count). The zero-order chi connectivity index (χ0) is 15.7. The van der Waals surface area contributed by atoms with Crippen molar-refractivity contribution in [3.8, 4) is 0 Å². The molecule has 22 heavy (non-hydrogen) atoms. The topological polar surface area (TPSA) is 29.5 Å². The summed E-state index contributed by atoms with van der Waals surface area (Å²) in [5.41, 5.74) is 2.42. The van der Waals surface area contributed by atoms with Crippen LogP contribution in [0.25, 0.3) is 6.08 Å². The number of ether oxygens (including phenoxy) is 1. The Morgan fingerprint density at radius 2 is 2.05 bits per heavy atom. The molecule has 2 fully saturated rings. The van der Waals surface area contributed by atoms with E-state index in [1.165, 1.54) is 19.1 Å². The molecule has 1 aromatic rings. The molecule has 0 radical (unpaired) electrons. The predicted octanol–water partition coefficient (Wildman–Crippen LogP) is 3.79. The van der Waals surface area contributed by atoms with Gasteiger partial charge in [-0.05, 0) is 48.5 Å². The number of methoxy groups -OCH3 is 1. The van der Waals surface area contributed by atoms with Crippen LogP contribution in [0.2, 0.25) is 0 Å². The molecule has 0 N–H and O–H groups in total. The SMILES string of the molecule is COC(=O)[C@@H]1[C@H](c2ccc(/C=C\Br)cc2)C[C@H]2CC[C@@H]1N2C. The molecule has 2 aliphatic rings. The highest BCUT2D eigenvalue weighted by Crippen LogP contribution is 2.46. The summed E-state index contributed by atoms with van der Waals surface area (Å²) >= 11 is 3.30. The lowest BCUT2D eigenvalue weighted by atomic mass is 9.76. The van der Waals surface area contributed by atoms with E-state index < -0.39 is 0 Å². The predicted molar refractivity (Wildman–Crippen MR) is 91.8 cm³/mol. The van der Waals surface area contributed by atoms with E-state index in [4.69, 9.17) is 4.74 Å². The van der Waals surface area contributed by atoms with Gasteiger partial charge in [-0.1, -0.05) is 40.2 Å². The Morgan fingerprint density at radius 3 is 2.68 bits per heavy atom. The first-order valence-electron chi connectivity index (χ1n) is 7.82. The number of hydrogen-bond acceptors (Lipinski definition) is 3. The van der Waals surface area contributed by atoms with Gasteiger partial charge < -0.3 is 4.74 Å². The normalized spacial score (nSPS) is 31.6. The van der Waals surface area contributed by atoms with Gasteiger partial charge in [-0.3, -0.25) is 9.69 Å². The van der Waals surface area contributed by atoms with Gasteiger partial charge in [0.2, 0.25) is 0 Å². The smallest absolute Gasteiger partial charge is 0.310 e. The van der Waals surface area contributed by atoms with Crippen molar-refractivity contribution in [1.82, 2.24) is 4.90 Å². The second-order valence-electron chi connectivity index (χ2n) is 6.31. The fourth-order valence-corrected chi connectivity index (χ4v) is 4.50. The standard InChI is InChI=1S/C18H22BrNO2/c1-20-14-7-8-16(20)17(18(21)22-2)15(11-14)13-5-3-12(4-6-13)9-10-19/h3-6,9-10,14-17H,7-8,11H2,1-2H3/b10-9-/t14-,15+,16+,17-/m1/s1. The Labute approximate surface area is 140 Å². The Balaban J connectivity index is 1.91. The first-order valence-corrected chi connectivity index (χ1v) is 8.73. The molecular weight excluding hydrogens is 342 g/mol.